The number of hydrogen-bond donors (Lipinski definition) is 1. The fraction of sp³-hybridized carbons (Fsp3) is 0.462. The van der Waals surface area contributed by atoms with Gasteiger partial charge in [-0.25, -0.2) is 0 Å². The number of nitrogens with zero attached hydrogens (tertiary/aromatic N) is 1. The van der Waals surface area contributed by atoms with Crippen molar-refractivity contribution in [3.8, 4) is 5.75 Å². The van der Waals surface area contributed by atoms with E-state index in [9.17, 15) is 0 Å². The van der Waals surface area contributed by atoms with Crippen LogP contribution in [0.1, 0.15) is 24.0 Å². The van der Waals surface area contributed by atoms with Crippen molar-refractivity contribution < 1.29 is 4.74 Å². The standard InChI is InChI=1S/C13H18N2OS/c1-16-12-8-10(4-5-11(12)13(14)17)9-15-6-2-3-7-15/h4-5,8H,2-3,6-7,9H2,1H3,(H2,14,17). The third-order valence-electron chi connectivity index (χ3n) is 3.14. The lowest BCUT2D eigenvalue weighted by Gasteiger charge is -2.16. The Kier molecular flexibility index (Phi) is 3.97. The van der Waals surface area contributed by atoms with Crippen molar-refractivity contribution in [3.63, 3.8) is 0 Å². The summed E-state index contributed by atoms with van der Waals surface area (Å²) >= 11 is 4.99. The molecule has 0 aromatic heterocycles. The SMILES string of the molecule is COc1cc(CN2CCCC2)ccc1C(N)=S. The Morgan fingerprint density at radius 3 is 2.71 bits per heavy atom. The zero-order valence-corrected chi connectivity index (χ0v) is 10.9. The van der Waals surface area contributed by atoms with E-state index in [1.54, 1.807) is 7.11 Å². The summed E-state index contributed by atoms with van der Waals surface area (Å²) in [6, 6.07) is 6.06. The molecule has 1 aromatic carbocycles. The van der Waals surface area contributed by atoms with E-state index in [1.807, 2.05) is 12.1 Å². The number of methoxy groups -OCH3 is 1. The Balaban J connectivity index is 2.15. The fourth-order valence-electron chi connectivity index (χ4n) is 2.24. The largest absolute Gasteiger partial charge is 0.496 e. The second-order valence-electron chi connectivity index (χ2n) is 4.38. The molecule has 2 N–H and O–H groups in total. The molecule has 0 saturated carbocycles. The normalized spacial score (nSPS) is 16.1. The maximum absolute atomic E-state index is 5.64. The number of ether oxygens (including phenoxy) is 1. The second-order valence-corrected chi connectivity index (χ2v) is 4.82. The second kappa shape index (κ2) is 5.47. The first-order chi connectivity index (χ1) is 8.20. The van der Waals surface area contributed by atoms with Gasteiger partial charge < -0.3 is 10.5 Å². The van der Waals surface area contributed by atoms with E-state index in [2.05, 4.69) is 11.0 Å². The van der Waals surface area contributed by atoms with E-state index >= 15 is 0 Å². The average Bonchev–Trinajstić information content (AvgIpc) is 2.81. The van der Waals surface area contributed by atoms with Crippen LogP contribution in [0.5, 0.6) is 5.75 Å². The van der Waals surface area contributed by atoms with Gasteiger partial charge in [-0.05, 0) is 43.6 Å². The molecular weight excluding hydrogens is 232 g/mol. The molecule has 1 fully saturated rings. The number of likely N-dealkylation sites (tertiary alicyclic amines) is 1. The van der Waals surface area contributed by atoms with Crippen LogP contribution in [0.3, 0.4) is 0 Å². The molecule has 17 heavy (non-hydrogen) atoms. The molecule has 1 aliphatic rings. The Bertz CT molecular complexity index is 414. The Labute approximate surface area is 108 Å². The van der Waals surface area contributed by atoms with Crippen molar-refractivity contribution in [1.82, 2.24) is 4.90 Å². The lowest BCUT2D eigenvalue weighted by atomic mass is 10.1. The highest BCUT2D eigenvalue weighted by Crippen LogP contribution is 2.22. The van der Waals surface area contributed by atoms with Crippen molar-refractivity contribution in [2.75, 3.05) is 20.2 Å². The van der Waals surface area contributed by atoms with E-state index in [0.717, 1.165) is 17.9 Å². The van der Waals surface area contributed by atoms with Gasteiger partial charge in [-0.3, -0.25) is 4.90 Å². The summed E-state index contributed by atoms with van der Waals surface area (Å²) in [6.07, 6.45) is 2.62. The van der Waals surface area contributed by atoms with E-state index in [1.165, 1.54) is 31.5 Å². The van der Waals surface area contributed by atoms with Crippen LogP contribution in [-0.2, 0) is 6.54 Å². The molecule has 0 aliphatic carbocycles. The highest BCUT2D eigenvalue weighted by Gasteiger charge is 2.13. The molecule has 1 aromatic rings. The van der Waals surface area contributed by atoms with E-state index < -0.39 is 0 Å². The van der Waals surface area contributed by atoms with Crippen molar-refractivity contribution in [1.29, 1.82) is 0 Å². The van der Waals surface area contributed by atoms with Crippen molar-refractivity contribution in [2.24, 2.45) is 5.73 Å². The first kappa shape index (κ1) is 12.3. The first-order valence-corrected chi connectivity index (χ1v) is 6.30. The van der Waals surface area contributed by atoms with Crippen LogP contribution < -0.4 is 10.5 Å². The van der Waals surface area contributed by atoms with Crippen LogP contribution in [0.4, 0.5) is 0 Å². The van der Waals surface area contributed by atoms with Crippen molar-refractivity contribution in [3.05, 3.63) is 29.3 Å². The number of thiocarbonyl (C=S) groups is 1. The summed E-state index contributed by atoms with van der Waals surface area (Å²) < 4.78 is 5.33. The molecule has 0 amide bonds. The van der Waals surface area contributed by atoms with Gasteiger partial charge in [0, 0.05) is 6.54 Å². The van der Waals surface area contributed by atoms with Gasteiger partial charge in [0.2, 0.25) is 0 Å². The predicted molar refractivity (Wildman–Crippen MR) is 73.4 cm³/mol. The zero-order chi connectivity index (χ0) is 12.3. The van der Waals surface area contributed by atoms with Crippen LogP contribution in [0.2, 0.25) is 0 Å². The minimum Gasteiger partial charge on any atom is -0.496 e. The van der Waals surface area contributed by atoms with E-state index in [0.29, 0.717) is 4.99 Å². The number of benzene rings is 1. The molecule has 4 heteroatoms. The van der Waals surface area contributed by atoms with Gasteiger partial charge in [-0.2, -0.15) is 0 Å². The Morgan fingerprint density at radius 2 is 2.12 bits per heavy atom. The maximum Gasteiger partial charge on any atom is 0.129 e. The number of nitrogens with two attached hydrogens (primary N) is 1. The molecule has 1 aliphatic heterocycles. The van der Waals surface area contributed by atoms with Crippen molar-refractivity contribution in [2.45, 2.75) is 19.4 Å². The minimum atomic E-state index is 0.384. The average molecular weight is 250 g/mol. The molecule has 0 unspecified atom stereocenters. The smallest absolute Gasteiger partial charge is 0.129 e. The molecule has 0 radical (unpaired) electrons. The molecular formula is C13H18N2OS. The third kappa shape index (κ3) is 2.96. The van der Waals surface area contributed by atoms with Crippen LogP contribution in [0.15, 0.2) is 18.2 Å². The van der Waals surface area contributed by atoms with Gasteiger partial charge in [-0.1, -0.05) is 18.3 Å². The molecule has 2 rings (SSSR count). The van der Waals surface area contributed by atoms with Gasteiger partial charge >= 0.3 is 0 Å². The van der Waals surface area contributed by atoms with Crippen LogP contribution in [0, 0.1) is 0 Å². The topological polar surface area (TPSA) is 38.5 Å². The molecule has 0 bridgehead atoms. The van der Waals surface area contributed by atoms with Crippen LogP contribution >= 0.6 is 12.2 Å². The Morgan fingerprint density at radius 1 is 1.41 bits per heavy atom. The molecule has 0 spiro atoms. The van der Waals surface area contributed by atoms with E-state index in [-0.39, 0.29) is 0 Å². The van der Waals surface area contributed by atoms with Gasteiger partial charge in [-0.15, -0.1) is 0 Å². The number of rotatable bonds is 4. The van der Waals surface area contributed by atoms with Gasteiger partial charge in [0.05, 0.1) is 12.7 Å². The highest BCUT2D eigenvalue weighted by molar-refractivity contribution is 7.80. The minimum absolute atomic E-state index is 0.384. The third-order valence-corrected chi connectivity index (χ3v) is 3.36. The van der Waals surface area contributed by atoms with Gasteiger partial charge in [0.25, 0.3) is 0 Å². The van der Waals surface area contributed by atoms with Gasteiger partial charge in [0.15, 0.2) is 0 Å². The first-order valence-electron chi connectivity index (χ1n) is 5.90. The monoisotopic (exact) mass is 250 g/mol. The molecule has 0 atom stereocenters. The van der Waals surface area contributed by atoms with Gasteiger partial charge in [0.1, 0.15) is 10.7 Å². The molecule has 3 nitrogen and oxygen atoms in total. The van der Waals surface area contributed by atoms with Crippen LogP contribution in [-0.4, -0.2) is 30.1 Å². The lowest BCUT2D eigenvalue weighted by molar-refractivity contribution is 0.330. The van der Waals surface area contributed by atoms with Crippen molar-refractivity contribution >= 4 is 17.2 Å². The predicted octanol–water partition coefficient (Wildman–Crippen LogP) is 1.93. The Hall–Kier alpha value is -1.13. The summed E-state index contributed by atoms with van der Waals surface area (Å²) in [5.41, 5.74) is 7.71. The summed E-state index contributed by atoms with van der Waals surface area (Å²) in [6.45, 7) is 3.37. The number of hydrogen-bond acceptors (Lipinski definition) is 3. The summed E-state index contributed by atoms with van der Waals surface area (Å²) in [5, 5.41) is 0. The highest BCUT2D eigenvalue weighted by atomic mass is 32.1. The molecule has 1 heterocycles. The zero-order valence-electron chi connectivity index (χ0n) is 10.1. The van der Waals surface area contributed by atoms with E-state index in [4.69, 9.17) is 22.7 Å². The lowest BCUT2D eigenvalue weighted by Crippen LogP contribution is -2.18. The van der Waals surface area contributed by atoms with Crippen LogP contribution in [0.25, 0.3) is 0 Å². The molecule has 92 valence electrons. The quantitative estimate of drug-likeness (QED) is 0.829. The maximum atomic E-state index is 5.64. The molecule has 1 saturated heterocycles. The fourth-order valence-corrected chi connectivity index (χ4v) is 2.41. The summed E-state index contributed by atoms with van der Waals surface area (Å²) in [5.74, 6) is 0.772. The summed E-state index contributed by atoms with van der Waals surface area (Å²) in [7, 11) is 1.65. The summed E-state index contributed by atoms with van der Waals surface area (Å²) in [4.78, 5) is 2.84.